The lowest BCUT2D eigenvalue weighted by molar-refractivity contribution is -0.122. The van der Waals surface area contributed by atoms with Crippen molar-refractivity contribution >= 4 is 84.9 Å². The van der Waals surface area contributed by atoms with E-state index in [2.05, 4.69) is 38.5 Å². The molecule has 184 valence electrons. The van der Waals surface area contributed by atoms with Crippen LogP contribution in [0.25, 0.3) is 6.08 Å². The van der Waals surface area contributed by atoms with Crippen LogP contribution >= 0.6 is 61.9 Å². The van der Waals surface area contributed by atoms with Gasteiger partial charge in [-0.05, 0) is 88.0 Å². The first kappa shape index (κ1) is 26.7. The van der Waals surface area contributed by atoms with Crippen molar-refractivity contribution in [2.45, 2.75) is 6.61 Å². The van der Waals surface area contributed by atoms with E-state index in [4.69, 9.17) is 21.1 Å². The fourth-order valence-corrected chi connectivity index (χ4v) is 5.37. The largest absolute Gasteiger partial charge is 0.493 e. The second kappa shape index (κ2) is 11.8. The first-order valence-corrected chi connectivity index (χ1v) is 13.6. The third kappa shape index (κ3) is 6.31. The summed E-state index contributed by atoms with van der Waals surface area (Å²) in [6.45, 7) is 0.0101. The van der Waals surface area contributed by atoms with Gasteiger partial charge in [-0.3, -0.25) is 19.3 Å². The highest BCUT2D eigenvalue weighted by molar-refractivity contribution is 14.1. The molecule has 2 amide bonds. The van der Waals surface area contributed by atoms with E-state index in [-0.39, 0.29) is 17.2 Å². The van der Waals surface area contributed by atoms with Gasteiger partial charge in [0.1, 0.15) is 6.61 Å². The Labute approximate surface area is 239 Å². The molecular formula is C26H18BrClINO5S. The number of halogens is 3. The Bertz CT molecular complexity index is 1360. The summed E-state index contributed by atoms with van der Waals surface area (Å²) in [5.41, 5.74) is 2.04. The van der Waals surface area contributed by atoms with E-state index in [1.165, 1.54) is 7.11 Å². The Hall–Kier alpha value is -2.34. The van der Waals surface area contributed by atoms with Gasteiger partial charge in [-0.15, -0.1) is 0 Å². The zero-order valence-electron chi connectivity index (χ0n) is 18.8. The summed E-state index contributed by atoms with van der Waals surface area (Å²) in [5, 5.41) is 0.165. The SMILES string of the molecule is COc1cc(/C=C2/SC(=O)N(CC(=O)c3ccc(Br)cc3)C2=O)cc(I)c1OCc1ccc(Cl)cc1. The zero-order valence-corrected chi connectivity index (χ0v) is 24.1. The monoisotopic (exact) mass is 697 g/mol. The van der Waals surface area contributed by atoms with Crippen molar-refractivity contribution in [3.63, 3.8) is 0 Å². The number of carbonyl (C=O) groups excluding carboxylic acids is 3. The second-order valence-corrected chi connectivity index (χ2v) is 11.2. The second-order valence-electron chi connectivity index (χ2n) is 7.65. The van der Waals surface area contributed by atoms with Crippen LogP contribution < -0.4 is 9.47 Å². The maximum absolute atomic E-state index is 12.9. The molecule has 1 heterocycles. The van der Waals surface area contributed by atoms with Crippen LogP contribution in [0.5, 0.6) is 11.5 Å². The van der Waals surface area contributed by atoms with Crippen LogP contribution in [0.2, 0.25) is 5.02 Å². The van der Waals surface area contributed by atoms with Gasteiger partial charge in [-0.2, -0.15) is 0 Å². The van der Waals surface area contributed by atoms with Crippen LogP contribution in [-0.2, 0) is 11.4 Å². The average molecular weight is 699 g/mol. The number of hydrogen-bond donors (Lipinski definition) is 0. The number of rotatable bonds is 8. The van der Waals surface area contributed by atoms with Gasteiger partial charge in [-0.25, -0.2) is 0 Å². The zero-order chi connectivity index (χ0) is 25.8. The number of amides is 2. The molecule has 3 aromatic carbocycles. The minimum atomic E-state index is -0.507. The standard InChI is InChI=1S/C26H18BrClINO5S/c1-34-22-11-16(10-20(29)24(22)35-14-15-2-8-19(28)9-3-15)12-23-25(32)30(26(33)36-23)13-21(31)17-4-6-18(27)7-5-17/h2-12H,13-14H2,1H3/b23-12+. The van der Waals surface area contributed by atoms with Gasteiger partial charge in [0.25, 0.3) is 11.1 Å². The number of hydrogen-bond acceptors (Lipinski definition) is 6. The number of thioether (sulfide) groups is 1. The molecule has 3 aromatic rings. The Kier molecular flexibility index (Phi) is 8.76. The van der Waals surface area contributed by atoms with E-state index in [0.29, 0.717) is 34.3 Å². The fraction of sp³-hybridized carbons (Fsp3) is 0.115. The van der Waals surface area contributed by atoms with Crippen molar-refractivity contribution in [3.8, 4) is 11.5 Å². The molecule has 1 aliphatic heterocycles. The lowest BCUT2D eigenvalue weighted by Crippen LogP contribution is -2.33. The molecule has 1 fully saturated rings. The van der Waals surface area contributed by atoms with Crippen molar-refractivity contribution in [1.82, 2.24) is 4.90 Å². The van der Waals surface area contributed by atoms with Crippen LogP contribution in [0, 0.1) is 3.57 Å². The molecule has 0 N–H and O–H groups in total. The summed E-state index contributed by atoms with van der Waals surface area (Å²) in [5.74, 6) is 0.238. The van der Waals surface area contributed by atoms with Crippen molar-refractivity contribution in [2.75, 3.05) is 13.7 Å². The molecule has 0 radical (unpaired) electrons. The van der Waals surface area contributed by atoms with Crippen LogP contribution in [0.3, 0.4) is 0 Å². The van der Waals surface area contributed by atoms with Crippen LogP contribution in [0.15, 0.2) is 70.0 Å². The van der Waals surface area contributed by atoms with Gasteiger partial charge >= 0.3 is 0 Å². The Morgan fingerprint density at radius 3 is 2.47 bits per heavy atom. The first-order valence-electron chi connectivity index (χ1n) is 10.5. The van der Waals surface area contributed by atoms with Crippen molar-refractivity contribution in [2.24, 2.45) is 0 Å². The lowest BCUT2D eigenvalue weighted by Gasteiger charge is -2.14. The normalized spacial score (nSPS) is 14.4. The van der Waals surface area contributed by atoms with Crippen molar-refractivity contribution < 1.29 is 23.9 Å². The van der Waals surface area contributed by atoms with Crippen LogP contribution in [-0.4, -0.2) is 35.5 Å². The molecule has 1 aliphatic rings. The molecule has 0 spiro atoms. The molecule has 0 atom stereocenters. The lowest BCUT2D eigenvalue weighted by atomic mass is 10.1. The van der Waals surface area contributed by atoms with E-state index in [9.17, 15) is 14.4 Å². The number of Topliss-reactive ketones (excluding diaryl/α,β-unsaturated/α-hetero) is 1. The molecule has 6 nitrogen and oxygen atoms in total. The number of nitrogens with zero attached hydrogens (tertiary/aromatic N) is 1. The molecule has 1 saturated heterocycles. The van der Waals surface area contributed by atoms with Gasteiger partial charge in [0.05, 0.1) is 22.1 Å². The molecular weight excluding hydrogens is 681 g/mol. The van der Waals surface area contributed by atoms with Gasteiger partial charge < -0.3 is 9.47 Å². The Balaban J connectivity index is 1.50. The van der Waals surface area contributed by atoms with E-state index in [0.717, 1.165) is 30.3 Å². The summed E-state index contributed by atoms with van der Waals surface area (Å²) in [6, 6.07) is 17.7. The molecule has 10 heteroatoms. The minimum Gasteiger partial charge on any atom is -0.493 e. The molecule has 0 aliphatic carbocycles. The highest BCUT2D eigenvalue weighted by atomic mass is 127. The molecule has 0 saturated carbocycles. The smallest absolute Gasteiger partial charge is 0.293 e. The summed E-state index contributed by atoms with van der Waals surface area (Å²) >= 11 is 12.2. The van der Waals surface area contributed by atoms with E-state index >= 15 is 0 Å². The van der Waals surface area contributed by atoms with E-state index in [1.807, 2.05) is 18.2 Å². The number of benzene rings is 3. The van der Waals surface area contributed by atoms with Gasteiger partial charge in [0.15, 0.2) is 17.3 Å². The third-order valence-electron chi connectivity index (χ3n) is 5.19. The van der Waals surface area contributed by atoms with Crippen LogP contribution in [0.1, 0.15) is 21.5 Å². The summed E-state index contributed by atoms with van der Waals surface area (Å²) in [6.07, 6.45) is 1.61. The number of carbonyl (C=O) groups is 3. The topological polar surface area (TPSA) is 72.9 Å². The quantitative estimate of drug-likeness (QED) is 0.141. The number of methoxy groups -OCH3 is 1. The minimum absolute atomic E-state index is 0.233. The maximum Gasteiger partial charge on any atom is 0.293 e. The molecule has 0 aromatic heterocycles. The molecule has 0 bridgehead atoms. The summed E-state index contributed by atoms with van der Waals surface area (Å²) < 4.78 is 13.1. The molecule has 36 heavy (non-hydrogen) atoms. The van der Waals surface area contributed by atoms with Crippen molar-refractivity contribution in [1.29, 1.82) is 0 Å². The summed E-state index contributed by atoms with van der Waals surface area (Å²) in [4.78, 5) is 39.2. The Morgan fingerprint density at radius 2 is 1.81 bits per heavy atom. The predicted octanol–water partition coefficient (Wildman–Crippen LogP) is 7.21. The average Bonchev–Trinajstić information content (AvgIpc) is 3.11. The highest BCUT2D eigenvalue weighted by Crippen LogP contribution is 2.37. The van der Waals surface area contributed by atoms with Crippen LogP contribution in [0.4, 0.5) is 4.79 Å². The van der Waals surface area contributed by atoms with E-state index in [1.54, 1.807) is 48.5 Å². The van der Waals surface area contributed by atoms with E-state index < -0.39 is 11.1 Å². The van der Waals surface area contributed by atoms with Gasteiger partial charge in [0, 0.05) is 15.1 Å². The molecule has 4 rings (SSSR count). The Morgan fingerprint density at radius 1 is 1.11 bits per heavy atom. The number of ether oxygens (including phenoxy) is 2. The predicted molar refractivity (Wildman–Crippen MR) is 153 cm³/mol. The van der Waals surface area contributed by atoms with Gasteiger partial charge in [-0.1, -0.05) is 51.8 Å². The molecule has 0 unspecified atom stereocenters. The fourth-order valence-electron chi connectivity index (χ4n) is 3.36. The highest BCUT2D eigenvalue weighted by Gasteiger charge is 2.36. The third-order valence-corrected chi connectivity index (χ3v) is 7.68. The number of ketones is 1. The number of imide groups is 1. The van der Waals surface area contributed by atoms with Gasteiger partial charge in [0.2, 0.25) is 0 Å². The van der Waals surface area contributed by atoms with Crippen molar-refractivity contribution in [3.05, 3.63) is 95.3 Å². The first-order chi connectivity index (χ1) is 17.2. The maximum atomic E-state index is 12.9. The summed E-state index contributed by atoms with van der Waals surface area (Å²) in [7, 11) is 1.53.